The van der Waals surface area contributed by atoms with Gasteiger partial charge in [0.15, 0.2) is 0 Å². The topological polar surface area (TPSA) is 85.1 Å². The fraction of sp³-hybridized carbons (Fsp3) is 0.429. The minimum atomic E-state index is -3.69. The van der Waals surface area contributed by atoms with Crippen molar-refractivity contribution in [2.24, 2.45) is 0 Å². The molecule has 0 aliphatic carbocycles. The molecule has 1 aromatic heterocycles. The first kappa shape index (κ1) is 16.6. The Morgan fingerprint density at radius 1 is 1.32 bits per heavy atom. The number of aromatic nitrogens is 2. The average molecular weight is 327 g/mol. The van der Waals surface area contributed by atoms with E-state index < -0.39 is 15.8 Å². The van der Waals surface area contributed by atoms with Gasteiger partial charge in [0.25, 0.3) is 0 Å². The van der Waals surface area contributed by atoms with Crippen LogP contribution in [0.2, 0.25) is 0 Å². The van der Waals surface area contributed by atoms with E-state index in [1.54, 1.807) is 6.92 Å². The van der Waals surface area contributed by atoms with Crippen molar-refractivity contribution in [1.82, 2.24) is 14.9 Å². The number of rotatable bonds is 6. The molecule has 0 aliphatic rings. The number of nitrogens with zero attached hydrogens (tertiary/aromatic N) is 2. The third kappa shape index (κ3) is 3.89. The second-order valence-corrected chi connectivity index (χ2v) is 6.98. The van der Waals surface area contributed by atoms with Gasteiger partial charge in [0.1, 0.15) is 5.82 Å². The molecule has 0 spiro atoms. The van der Waals surface area contributed by atoms with Crippen LogP contribution in [0.25, 0.3) is 0 Å². The summed E-state index contributed by atoms with van der Waals surface area (Å²) >= 11 is 0. The Balaban J connectivity index is 2.00. The van der Waals surface area contributed by atoms with Crippen molar-refractivity contribution in [1.29, 1.82) is 0 Å². The van der Waals surface area contributed by atoms with Gasteiger partial charge in [-0.3, -0.25) is 0 Å². The molecule has 8 heteroatoms. The Bertz CT molecular complexity index is 756. The van der Waals surface area contributed by atoms with E-state index in [0.717, 1.165) is 6.07 Å². The molecule has 0 saturated heterocycles. The lowest BCUT2D eigenvalue weighted by Gasteiger charge is -2.08. The second kappa shape index (κ2) is 6.53. The van der Waals surface area contributed by atoms with Crippen LogP contribution in [0, 0.1) is 12.7 Å². The van der Waals surface area contributed by atoms with Crippen LogP contribution in [0.1, 0.15) is 37.1 Å². The van der Waals surface area contributed by atoms with Gasteiger partial charge in [-0.15, -0.1) is 10.2 Å². The fourth-order valence-electron chi connectivity index (χ4n) is 1.89. The standard InChI is InChI=1S/C14H18FN3O3S/c1-9(2)14-18-17-13(21-14)6-7-16-22(19,20)12-5-4-11(15)8-10(12)3/h4-5,8-9,16H,6-7H2,1-3H3. The molecule has 0 saturated carbocycles. The highest BCUT2D eigenvalue weighted by molar-refractivity contribution is 7.89. The Kier molecular flexibility index (Phi) is 4.92. The van der Waals surface area contributed by atoms with Gasteiger partial charge in [-0.05, 0) is 30.7 Å². The minimum Gasteiger partial charge on any atom is -0.425 e. The summed E-state index contributed by atoms with van der Waals surface area (Å²) in [6.45, 7) is 5.53. The van der Waals surface area contributed by atoms with Crippen molar-refractivity contribution in [2.45, 2.75) is 38.0 Å². The van der Waals surface area contributed by atoms with Gasteiger partial charge in [-0.2, -0.15) is 0 Å². The van der Waals surface area contributed by atoms with E-state index in [9.17, 15) is 12.8 Å². The first-order chi connectivity index (χ1) is 10.3. The third-order valence-corrected chi connectivity index (χ3v) is 4.66. The lowest BCUT2D eigenvalue weighted by atomic mass is 10.2. The number of hydrogen-bond donors (Lipinski definition) is 1. The molecular formula is C14H18FN3O3S. The van der Waals surface area contributed by atoms with Crippen molar-refractivity contribution >= 4 is 10.0 Å². The number of sulfonamides is 1. The van der Waals surface area contributed by atoms with Crippen molar-refractivity contribution in [2.75, 3.05) is 6.54 Å². The third-order valence-electron chi connectivity index (χ3n) is 3.03. The monoisotopic (exact) mass is 327 g/mol. The lowest BCUT2D eigenvalue weighted by Crippen LogP contribution is -2.26. The van der Waals surface area contributed by atoms with E-state index in [1.165, 1.54) is 12.1 Å². The van der Waals surface area contributed by atoms with E-state index in [4.69, 9.17) is 4.42 Å². The maximum absolute atomic E-state index is 13.0. The molecule has 0 bridgehead atoms. The summed E-state index contributed by atoms with van der Waals surface area (Å²) in [6.07, 6.45) is 0.291. The van der Waals surface area contributed by atoms with Crippen molar-refractivity contribution < 1.29 is 17.2 Å². The zero-order chi connectivity index (χ0) is 16.3. The molecule has 2 rings (SSSR count). The normalized spacial score (nSPS) is 12.0. The molecule has 1 N–H and O–H groups in total. The molecule has 120 valence electrons. The van der Waals surface area contributed by atoms with Crippen LogP contribution >= 0.6 is 0 Å². The smallest absolute Gasteiger partial charge is 0.240 e. The van der Waals surface area contributed by atoms with E-state index >= 15 is 0 Å². The summed E-state index contributed by atoms with van der Waals surface area (Å²) < 4.78 is 45.2. The first-order valence-electron chi connectivity index (χ1n) is 6.87. The summed E-state index contributed by atoms with van der Waals surface area (Å²) in [5.41, 5.74) is 0.354. The van der Waals surface area contributed by atoms with Crippen LogP contribution < -0.4 is 4.72 Å². The lowest BCUT2D eigenvalue weighted by molar-refractivity contribution is 0.431. The van der Waals surface area contributed by atoms with Crippen LogP contribution in [0.15, 0.2) is 27.5 Å². The molecular weight excluding hydrogens is 309 g/mol. The summed E-state index contributed by atoms with van der Waals surface area (Å²) in [5, 5.41) is 7.74. The fourth-order valence-corrected chi connectivity index (χ4v) is 3.14. The number of nitrogens with one attached hydrogen (secondary N) is 1. The van der Waals surface area contributed by atoms with Crippen molar-refractivity contribution in [3.05, 3.63) is 41.4 Å². The highest BCUT2D eigenvalue weighted by Gasteiger charge is 2.17. The van der Waals surface area contributed by atoms with Gasteiger partial charge in [0.2, 0.25) is 21.8 Å². The Labute approximate surface area is 128 Å². The maximum Gasteiger partial charge on any atom is 0.240 e. The second-order valence-electron chi connectivity index (χ2n) is 5.25. The number of halogens is 1. The van der Waals surface area contributed by atoms with Gasteiger partial charge in [-0.1, -0.05) is 13.8 Å². The molecule has 0 atom stereocenters. The van der Waals surface area contributed by atoms with Gasteiger partial charge in [0.05, 0.1) is 4.90 Å². The number of hydrogen-bond acceptors (Lipinski definition) is 5. The summed E-state index contributed by atoms with van der Waals surface area (Å²) in [7, 11) is -3.69. The van der Waals surface area contributed by atoms with Gasteiger partial charge in [-0.25, -0.2) is 17.5 Å². The van der Waals surface area contributed by atoms with E-state index in [-0.39, 0.29) is 17.4 Å². The molecule has 0 amide bonds. The van der Waals surface area contributed by atoms with Crippen LogP contribution in [0.3, 0.4) is 0 Å². The molecule has 0 fully saturated rings. The molecule has 2 aromatic rings. The predicted molar refractivity (Wildman–Crippen MR) is 78.4 cm³/mol. The molecule has 1 heterocycles. The average Bonchev–Trinajstić information content (AvgIpc) is 2.87. The molecule has 1 aromatic carbocycles. The molecule has 0 unspecified atom stereocenters. The highest BCUT2D eigenvalue weighted by atomic mass is 32.2. The van der Waals surface area contributed by atoms with Crippen LogP contribution in [0.4, 0.5) is 4.39 Å². The van der Waals surface area contributed by atoms with E-state index in [1.807, 2.05) is 13.8 Å². The Hall–Kier alpha value is -1.80. The van der Waals surface area contributed by atoms with Crippen molar-refractivity contribution in [3.8, 4) is 0 Å². The van der Waals surface area contributed by atoms with Crippen LogP contribution in [-0.2, 0) is 16.4 Å². The number of aryl methyl sites for hydroxylation is 1. The summed E-state index contributed by atoms with van der Waals surface area (Å²) in [6, 6.07) is 3.55. The maximum atomic E-state index is 13.0. The van der Waals surface area contributed by atoms with Crippen LogP contribution in [0.5, 0.6) is 0 Å². The largest absolute Gasteiger partial charge is 0.425 e. The molecule has 0 aliphatic heterocycles. The Morgan fingerprint density at radius 3 is 2.64 bits per heavy atom. The molecule has 22 heavy (non-hydrogen) atoms. The minimum absolute atomic E-state index is 0.0577. The SMILES string of the molecule is Cc1cc(F)ccc1S(=O)(=O)NCCc1nnc(C(C)C)o1. The predicted octanol–water partition coefficient (Wildman–Crippen LogP) is 2.16. The highest BCUT2D eigenvalue weighted by Crippen LogP contribution is 2.16. The quantitative estimate of drug-likeness (QED) is 0.879. The van der Waals surface area contributed by atoms with E-state index in [2.05, 4.69) is 14.9 Å². The van der Waals surface area contributed by atoms with Crippen molar-refractivity contribution in [3.63, 3.8) is 0 Å². The zero-order valence-corrected chi connectivity index (χ0v) is 13.4. The molecule has 6 nitrogen and oxygen atoms in total. The summed E-state index contributed by atoms with van der Waals surface area (Å²) in [4.78, 5) is 0.0577. The van der Waals surface area contributed by atoms with E-state index in [0.29, 0.717) is 23.8 Å². The van der Waals surface area contributed by atoms with Gasteiger partial charge in [0, 0.05) is 18.9 Å². The number of benzene rings is 1. The first-order valence-corrected chi connectivity index (χ1v) is 8.36. The van der Waals surface area contributed by atoms with Gasteiger partial charge >= 0.3 is 0 Å². The summed E-state index contributed by atoms with van der Waals surface area (Å²) in [5.74, 6) is 0.554. The Morgan fingerprint density at radius 2 is 2.05 bits per heavy atom. The van der Waals surface area contributed by atoms with Crippen LogP contribution in [-0.4, -0.2) is 25.2 Å². The van der Waals surface area contributed by atoms with Gasteiger partial charge < -0.3 is 4.42 Å². The molecule has 0 radical (unpaired) electrons. The zero-order valence-electron chi connectivity index (χ0n) is 12.6.